The van der Waals surface area contributed by atoms with E-state index >= 15 is 0 Å². The van der Waals surface area contributed by atoms with Crippen LogP contribution >= 0.6 is 0 Å². The number of morpholine rings is 1. The maximum absolute atomic E-state index is 14.4. The Morgan fingerprint density at radius 2 is 1.78 bits per heavy atom. The third-order valence-corrected chi connectivity index (χ3v) is 8.11. The summed E-state index contributed by atoms with van der Waals surface area (Å²) in [5.74, 6) is -1.79. The SMILES string of the molecule is CCS(=O)(=O)Nc1ccc(NC(=O)c2cc(S(=O)(=O)N3CCOCC3)ccc2F)cc1C. The molecule has 1 fully saturated rings. The molecular weight excluding hydrogens is 461 g/mol. The zero-order valence-electron chi connectivity index (χ0n) is 17.6. The fraction of sp³-hybridized carbons (Fsp3) is 0.350. The molecule has 0 aliphatic carbocycles. The average molecular weight is 486 g/mol. The highest BCUT2D eigenvalue weighted by molar-refractivity contribution is 7.92. The van der Waals surface area contributed by atoms with Crippen molar-refractivity contribution in [2.75, 3.05) is 42.1 Å². The molecule has 32 heavy (non-hydrogen) atoms. The number of rotatable bonds is 7. The summed E-state index contributed by atoms with van der Waals surface area (Å²) in [4.78, 5) is 12.5. The highest BCUT2D eigenvalue weighted by atomic mass is 32.2. The molecule has 1 saturated heterocycles. The van der Waals surface area contributed by atoms with Crippen LogP contribution in [0.15, 0.2) is 41.3 Å². The first-order valence-electron chi connectivity index (χ1n) is 9.83. The summed E-state index contributed by atoms with van der Waals surface area (Å²) < 4.78 is 72.3. The lowest BCUT2D eigenvalue weighted by molar-refractivity contribution is 0.0730. The second-order valence-corrected chi connectivity index (χ2v) is 11.1. The summed E-state index contributed by atoms with van der Waals surface area (Å²) >= 11 is 0. The number of carbonyl (C=O) groups is 1. The van der Waals surface area contributed by atoms with Gasteiger partial charge in [0.2, 0.25) is 20.0 Å². The number of sulfonamides is 2. The summed E-state index contributed by atoms with van der Waals surface area (Å²) in [7, 11) is -7.36. The number of hydrogen-bond donors (Lipinski definition) is 2. The lowest BCUT2D eigenvalue weighted by Crippen LogP contribution is -2.40. The third-order valence-electron chi connectivity index (χ3n) is 4.92. The first-order valence-corrected chi connectivity index (χ1v) is 12.9. The summed E-state index contributed by atoms with van der Waals surface area (Å²) in [5.41, 5.74) is 0.777. The van der Waals surface area contributed by atoms with E-state index in [1.165, 1.54) is 29.4 Å². The third kappa shape index (κ3) is 5.44. The van der Waals surface area contributed by atoms with Gasteiger partial charge in [-0.15, -0.1) is 0 Å². The van der Waals surface area contributed by atoms with Gasteiger partial charge in [-0.3, -0.25) is 9.52 Å². The predicted molar refractivity (Wildman–Crippen MR) is 118 cm³/mol. The van der Waals surface area contributed by atoms with Crippen LogP contribution in [0.5, 0.6) is 0 Å². The number of halogens is 1. The first-order chi connectivity index (χ1) is 15.0. The van der Waals surface area contributed by atoms with Gasteiger partial charge in [0.25, 0.3) is 5.91 Å². The van der Waals surface area contributed by atoms with E-state index in [2.05, 4.69) is 10.0 Å². The Hall–Kier alpha value is -2.54. The average Bonchev–Trinajstić information content (AvgIpc) is 2.76. The first kappa shape index (κ1) is 24.1. The number of anilines is 2. The molecule has 2 N–H and O–H groups in total. The van der Waals surface area contributed by atoms with Crippen molar-refractivity contribution >= 4 is 37.3 Å². The zero-order chi connectivity index (χ0) is 23.5. The van der Waals surface area contributed by atoms with Crippen molar-refractivity contribution in [1.82, 2.24) is 4.31 Å². The van der Waals surface area contributed by atoms with Crippen molar-refractivity contribution in [2.45, 2.75) is 18.7 Å². The lowest BCUT2D eigenvalue weighted by atomic mass is 10.1. The molecule has 2 aromatic carbocycles. The molecule has 0 spiro atoms. The van der Waals surface area contributed by atoms with Gasteiger partial charge in [-0.25, -0.2) is 21.2 Å². The van der Waals surface area contributed by atoms with E-state index < -0.39 is 37.3 Å². The minimum absolute atomic E-state index is 0.0894. The van der Waals surface area contributed by atoms with Crippen LogP contribution in [0.4, 0.5) is 15.8 Å². The molecule has 0 aromatic heterocycles. The topological polar surface area (TPSA) is 122 Å². The quantitative estimate of drug-likeness (QED) is 0.620. The molecule has 3 rings (SSSR count). The number of nitrogens with zero attached hydrogens (tertiary/aromatic N) is 1. The Morgan fingerprint density at radius 1 is 1.09 bits per heavy atom. The van der Waals surface area contributed by atoms with Crippen molar-refractivity contribution in [3.63, 3.8) is 0 Å². The van der Waals surface area contributed by atoms with Crippen LogP contribution < -0.4 is 10.0 Å². The summed E-state index contributed by atoms with van der Waals surface area (Å²) in [6, 6.07) is 7.54. The van der Waals surface area contributed by atoms with Crippen molar-refractivity contribution in [3.8, 4) is 0 Å². The summed E-state index contributed by atoms with van der Waals surface area (Å²) in [6.07, 6.45) is 0. The molecule has 174 valence electrons. The summed E-state index contributed by atoms with van der Waals surface area (Å²) in [6.45, 7) is 4.03. The van der Waals surface area contributed by atoms with E-state index in [1.807, 2.05) is 0 Å². The van der Waals surface area contributed by atoms with E-state index in [1.54, 1.807) is 6.92 Å². The fourth-order valence-corrected chi connectivity index (χ4v) is 5.21. The number of carbonyl (C=O) groups excluding carboxylic acids is 1. The van der Waals surface area contributed by atoms with Crippen molar-refractivity contribution in [2.24, 2.45) is 0 Å². The molecule has 0 saturated carbocycles. The number of aryl methyl sites for hydroxylation is 1. The maximum atomic E-state index is 14.4. The maximum Gasteiger partial charge on any atom is 0.258 e. The number of amides is 1. The second-order valence-electron chi connectivity index (χ2n) is 7.15. The van der Waals surface area contributed by atoms with Gasteiger partial charge >= 0.3 is 0 Å². The van der Waals surface area contributed by atoms with Crippen molar-refractivity contribution in [3.05, 3.63) is 53.3 Å². The van der Waals surface area contributed by atoms with Crippen LogP contribution in [0, 0.1) is 12.7 Å². The van der Waals surface area contributed by atoms with Gasteiger partial charge in [-0.1, -0.05) is 0 Å². The van der Waals surface area contributed by atoms with Gasteiger partial charge in [0.05, 0.1) is 35.1 Å². The van der Waals surface area contributed by atoms with E-state index in [9.17, 15) is 26.0 Å². The molecule has 0 atom stereocenters. The van der Waals surface area contributed by atoms with E-state index in [0.29, 0.717) is 16.9 Å². The fourth-order valence-electron chi connectivity index (χ4n) is 3.07. The number of ether oxygens (including phenoxy) is 1. The van der Waals surface area contributed by atoms with Crippen molar-refractivity contribution in [1.29, 1.82) is 0 Å². The number of benzene rings is 2. The van der Waals surface area contributed by atoms with Crippen LogP contribution in [0.25, 0.3) is 0 Å². The Morgan fingerprint density at radius 3 is 2.41 bits per heavy atom. The number of hydrogen-bond acceptors (Lipinski definition) is 6. The molecule has 1 aliphatic heterocycles. The van der Waals surface area contributed by atoms with Gasteiger partial charge in [0.1, 0.15) is 5.82 Å². The minimum Gasteiger partial charge on any atom is -0.379 e. The van der Waals surface area contributed by atoms with Crippen LogP contribution in [0.3, 0.4) is 0 Å². The smallest absolute Gasteiger partial charge is 0.258 e. The molecule has 12 heteroatoms. The summed E-state index contributed by atoms with van der Waals surface area (Å²) in [5, 5.41) is 2.52. The minimum atomic E-state index is -3.90. The molecule has 1 aliphatic rings. The second kappa shape index (κ2) is 9.53. The Bertz CT molecular complexity index is 1230. The molecule has 0 bridgehead atoms. The molecule has 0 radical (unpaired) electrons. The van der Waals surface area contributed by atoms with Crippen molar-refractivity contribution < 1.29 is 30.8 Å². The van der Waals surface area contributed by atoms with Gasteiger partial charge in [0.15, 0.2) is 0 Å². The largest absolute Gasteiger partial charge is 0.379 e. The predicted octanol–water partition coefficient (Wildman–Crippen LogP) is 2.17. The molecule has 1 amide bonds. The van der Waals surface area contributed by atoms with Crippen LogP contribution in [-0.2, 0) is 24.8 Å². The molecule has 2 aromatic rings. The van der Waals surface area contributed by atoms with Crippen LogP contribution in [0.1, 0.15) is 22.8 Å². The van der Waals surface area contributed by atoms with Gasteiger partial charge in [-0.05, 0) is 55.8 Å². The Balaban J connectivity index is 1.82. The van der Waals surface area contributed by atoms with Gasteiger partial charge in [0, 0.05) is 18.8 Å². The molecule has 0 unspecified atom stereocenters. The highest BCUT2D eigenvalue weighted by Crippen LogP contribution is 2.24. The van der Waals surface area contributed by atoms with E-state index in [0.717, 1.165) is 18.2 Å². The molecule has 9 nitrogen and oxygen atoms in total. The van der Waals surface area contributed by atoms with Gasteiger partial charge < -0.3 is 10.1 Å². The monoisotopic (exact) mass is 485 g/mol. The normalized spacial score (nSPS) is 15.3. The van der Waals surface area contributed by atoms with Crippen LogP contribution in [-0.4, -0.2) is 59.1 Å². The standard InChI is InChI=1S/C20H24FN3O6S2/c1-3-31(26,27)23-19-7-4-15(12-14(19)2)22-20(25)17-13-16(5-6-18(17)21)32(28,29)24-8-10-30-11-9-24/h4-7,12-13,23H,3,8-11H2,1-2H3,(H,22,25). The van der Waals surface area contributed by atoms with E-state index in [4.69, 9.17) is 4.74 Å². The molecular formula is C20H24FN3O6S2. The van der Waals surface area contributed by atoms with Gasteiger partial charge in [-0.2, -0.15) is 4.31 Å². The highest BCUT2D eigenvalue weighted by Gasteiger charge is 2.28. The Labute approximate surface area is 186 Å². The van der Waals surface area contributed by atoms with E-state index in [-0.39, 0.29) is 37.0 Å². The lowest BCUT2D eigenvalue weighted by Gasteiger charge is -2.26. The number of nitrogens with one attached hydrogen (secondary N) is 2. The zero-order valence-corrected chi connectivity index (χ0v) is 19.2. The Kier molecular flexibility index (Phi) is 7.18. The molecule has 1 heterocycles. The van der Waals surface area contributed by atoms with Crippen LogP contribution in [0.2, 0.25) is 0 Å².